The highest BCUT2D eigenvalue weighted by molar-refractivity contribution is 6.30. The molecule has 1 N–H and O–H groups in total. The van der Waals surface area contributed by atoms with Crippen molar-refractivity contribution < 1.29 is 19.2 Å². The zero-order valence-corrected chi connectivity index (χ0v) is 12.1. The number of nitro groups is 1. The molecule has 0 unspecified atom stereocenters. The number of furan rings is 1. The van der Waals surface area contributed by atoms with Gasteiger partial charge in [0.2, 0.25) is 0 Å². The highest BCUT2D eigenvalue weighted by Gasteiger charge is 2.22. The molecule has 2 heterocycles. The number of carboxylic acids is 1. The number of hydrogen-bond acceptors (Lipinski definition) is 5. The Balaban J connectivity index is 2.10. The van der Waals surface area contributed by atoms with Gasteiger partial charge in [0.25, 0.3) is 0 Å². The van der Waals surface area contributed by atoms with Crippen LogP contribution >= 0.6 is 11.6 Å². The molecule has 8 nitrogen and oxygen atoms in total. The summed E-state index contributed by atoms with van der Waals surface area (Å²) in [6, 6.07) is 9.04. The molecule has 0 aliphatic carbocycles. The number of halogens is 1. The minimum Gasteiger partial charge on any atom is -0.478 e. The van der Waals surface area contributed by atoms with Gasteiger partial charge in [0, 0.05) is 11.2 Å². The van der Waals surface area contributed by atoms with Gasteiger partial charge in [-0.15, -0.1) is 0 Å². The van der Waals surface area contributed by atoms with Crippen molar-refractivity contribution in [1.82, 2.24) is 9.78 Å². The van der Waals surface area contributed by atoms with Crippen molar-refractivity contribution in [2.75, 3.05) is 0 Å². The number of rotatable bonds is 4. The summed E-state index contributed by atoms with van der Waals surface area (Å²) in [5.74, 6) is -1.71. The summed E-state index contributed by atoms with van der Waals surface area (Å²) in [7, 11) is 0. The topological polar surface area (TPSA) is 111 Å². The van der Waals surface area contributed by atoms with E-state index in [1.807, 2.05) is 0 Å². The molecule has 0 fully saturated rings. The molecule has 3 rings (SSSR count). The number of benzene rings is 1. The van der Waals surface area contributed by atoms with Gasteiger partial charge in [-0.1, -0.05) is 11.6 Å². The molecule has 0 saturated heterocycles. The van der Waals surface area contributed by atoms with Crippen molar-refractivity contribution in [2.24, 2.45) is 0 Å². The van der Waals surface area contributed by atoms with Gasteiger partial charge in [-0.05, 0) is 30.3 Å². The average molecular weight is 334 g/mol. The molecule has 1 aromatic carbocycles. The Morgan fingerprint density at radius 3 is 2.52 bits per heavy atom. The zero-order valence-electron chi connectivity index (χ0n) is 11.3. The van der Waals surface area contributed by atoms with Crippen molar-refractivity contribution in [2.45, 2.75) is 0 Å². The van der Waals surface area contributed by atoms with Crippen LogP contribution in [0, 0.1) is 10.1 Å². The second-order valence-corrected chi connectivity index (χ2v) is 4.95. The molecule has 23 heavy (non-hydrogen) atoms. The quantitative estimate of drug-likeness (QED) is 0.578. The van der Waals surface area contributed by atoms with E-state index < -0.39 is 16.8 Å². The normalized spacial score (nSPS) is 10.7. The molecule has 2 aromatic heterocycles. The Morgan fingerprint density at radius 2 is 1.96 bits per heavy atom. The lowest BCUT2D eigenvalue weighted by atomic mass is 10.2. The standard InChI is InChI=1S/C14H8ClN3O5/c15-8-1-3-9(4-2-8)17-7-10(14(19)20)13(16-17)11-5-6-12(23-11)18(21)22/h1-7H,(H,19,20). The van der Waals surface area contributed by atoms with E-state index in [9.17, 15) is 20.0 Å². The molecule has 0 bridgehead atoms. The SMILES string of the molecule is O=C(O)c1cn(-c2ccc(Cl)cc2)nc1-c1ccc([N+](=O)[O-])o1. The van der Waals surface area contributed by atoms with E-state index in [0.717, 1.165) is 6.07 Å². The summed E-state index contributed by atoms with van der Waals surface area (Å²) in [6.07, 6.45) is 1.30. The first kappa shape index (κ1) is 14.8. The van der Waals surface area contributed by atoms with Crippen molar-refractivity contribution in [3.63, 3.8) is 0 Å². The summed E-state index contributed by atoms with van der Waals surface area (Å²) >= 11 is 5.81. The molecule has 0 spiro atoms. The number of hydrogen-bond donors (Lipinski definition) is 1. The van der Waals surface area contributed by atoms with Crippen LogP contribution in [0.15, 0.2) is 47.0 Å². The van der Waals surface area contributed by atoms with E-state index in [1.165, 1.54) is 16.9 Å². The Morgan fingerprint density at radius 1 is 1.26 bits per heavy atom. The maximum Gasteiger partial charge on any atom is 0.433 e. The molecule has 0 aliphatic rings. The Bertz CT molecular complexity index is 898. The zero-order chi connectivity index (χ0) is 16.6. The second-order valence-electron chi connectivity index (χ2n) is 4.51. The van der Waals surface area contributed by atoms with Gasteiger partial charge >= 0.3 is 11.9 Å². The number of aromatic carboxylic acids is 1. The molecule has 3 aromatic rings. The van der Waals surface area contributed by atoms with Gasteiger partial charge < -0.3 is 9.52 Å². The van der Waals surface area contributed by atoms with Crippen LogP contribution in [0.2, 0.25) is 5.02 Å². The fourth-order valence-corrected chi connectivity index (χ4v) is 2.12. The number of nitrogens with zero attached hydrogens (tertiary/aromatic N) is 3. The highest BCUT2D eigenvalue weighted by atomic mass is 35.5. The van der Waals surface area contributed by atoms with Crippen molar-refractivity contribution >= 4 is 23.5 Å². The Kier molecular flexibility index (Phi) is 3.59. The first-order chi connectivity index (χ1) is 11.0. The molecule has 0 amide bonds. The fraction of sp³-hybridized carbons (Fsp3) is 0. The minimum absolute atomic E-state index is 0.000509. The van der Waals surface area contributed by atoms with Crippen molar-refractivity contribution in [3.8, 4) is 17.1 Å². The second kappa shape index (κ2) is 5.58. The van der Waals surface area contributed by atoms with Crippen LogP contribution in [-0.4, -0.2) is 25.8 Å². The van der Waals surface area contributed by atoms with Crippen molar-refractivity contribution in [1.29, 1.82) is 0 Å². The number of aromatic nitrogens is 2. The van der Waals surface area contributed by atoms with E-state index >= 15 is 0 Å². The van der Waals surface area contributed by atoms with E-state index in [0.29, 0.717) is 10.7 Å². The van der Waals surface area contributed by atoms with E-state index in [4.69, 9.17) is 16.0 Å². The van der Waals surface area contributed by atoms with Crippen molar-refractivity contribution in [3.05, 3.63) is 63.3 Å². The molecular formula is C14H8ClN3O5. The van der Waals surface area contributed by atoms with Crippen LogP contribution in [0.5, 0.6) is 0 Å². The summed E-state index contributed by atoms with van der Waals surface area (Å²) in [6.45, 7) is 0. The van der Waals surface area contributed by atoms with E-state index in [-0.39, 0.29) is 17.0 Å². The van der Waals surface area contributed by atoms with Crippen LogP contribution in [0.1, 0.15) is 10.4 Å². The van der Waals surface area contributed by atoms with Crippen LogP contribution in [0.3, 0.4) is 0 Å². The number of carbonyl (C=O) groups is 1. The van der Waals surface area contributed by atoms with Crippen LogP contribution < -0.4 is 0 Å². The monoisotopic (exact) mass is 333 g/mol. The van der Waals surface area contributed by atoms with Gasteiger partial charge in [-0.2, -0.15) is 5.10 Å². The third-order valence-electron chi connectivity index (χ3n) is 3.04. The summed E-state index contributed by atoms with van der Waals surface area (Å²) in [5, 5.41) is 24.7. The summed E-state index contributed by atoms with van der Waals surface area (Å²) < 4.78 is 6.37. The third-order valence-corrected chi connectivity index (χ3v) is 3.29. The number of carboxylic acid groups (broad SMARTS) is 1. The molecular weight excluding hydrogens is 326 g/mol. The first-order valence-corrected chi connectivity index (χ1v) is 6.67. The summed E-state index contributed by atoms with van der Waals surface area (Å²) in [4.78, 5) is 21.4. The van der Waals surface area contributed by atoms with Crippen LogP contribution in [0.25, 0.3) is 17.1 Å². The average Bonchev–Trinajstić information content (AvgIpc) is 3.14. The predicted octanol–water partition coefficient (Wildman–Crippen LogP) is 3.39. The van der Waals surface area contributed by atoms with E-state index in [2.05, 4.69) is 5.10 Å². The van der Waals surface area contributed by atoms with Gasteiger partial charge in [0.05, 0.1) is 11.8 Å². The smallest absolute Gasteiger partial charge is 0.433 e. The largest absolute Gasteiger partial charge is 0.478 e. The summed E-state index contributed by atoms with van der Waals surface area (Å²) in [5.41, 5.74) is 0.453. The third kappa shape index (κ3) is 2.79. The lowest BCUT2D eigenvalue weighted by Crippen LogP contribution is -1.96. The van der Waals surface area contributed by atoms with Gasteiger partial charge in [-0.25, -0.2) is 9.48 Å². The van der Waals surface area contributed by atoms with Gasteiger partial charge in [0.15, 0.2) is 5.76 Å². The molecule has 0 atom stereocenters. The maximum absolute atomic E-state index is 11.4. The Hall–Kier alpha value is -3.13. The first-order valence-electron chi connectivity index (χ1n) is 6.29. The fourth-order valence-electron chi connectivity index (χ4n) is 1.99. The van der Waals surface area contributed by atoms with Crippen LogP contribution in [0.4, 0.5) is 5.88 Å². The molecule has 0 aliphatic heterocycles. The van der Waals surface area contributed by atoms with E-state index in [1.54, 1.807) is 24.3 Å². The van der Waals surface area contributed by atoms with Crippen LogP contribution in [-0.2, 0) is 0 Å². The molecule has 116 valence electrons. The molecule has 0 saturated carbocycles. The highest BCUT2D eigenvalue weighted by Crippen LogP contribution is 2.28. The van der Waals surface area contributed by atoms with Gasteiger partial charge in [-0.3, -0.25) is 10.1 Å². The predicted molar refractivity (Wildman–Crippen MR) is 79.9 cm³/mol. The lowest BCUT2D eigenvalue weighted by molar-refractivity contribution is -0.401. The molecule has 0 radical (unpaired) electrons. The molecule has 9 heteroatoms. The minimum atomic E-state index is -1.22. The maximum atomic E-state index is 11.4. The van der Waals surface area contributed by atoms with Gasteiger partial charge in [0.1, 0.15) is 16.2 Å². The Labute approximate surface area is 133 Å². The lowest BCUT2D eigenvalue weighted by Gasteiger charge is -2.00.